The largest absolute Gasteiger partial charge is 0.322 e. The third kappa shape index (κ3) is 2.52. The van der Waals surface area contributed by atoms with Crippen molar-refractivity contribution in [3.63, 3.8) is 0 Å². The Morgan fingerprint density at radius 1 is 1.62 bits per heavy atom. The molecule has 0 aliphatic heterocycles. The minimum atomic E-state index is -0.666. The van der Waals surface area contributed by atoms with Crippen LogP contribution in [-0.4, -0.2) is 15.9 Å². The number of carbonyl (C=O) groups is 1. The number of amides is 1. The maximum absolute atomic E-state index is 11.2. The van der Waals surface area contributed by atoms with Gasteiger partial charge in [-0.2, -0.15) is 5.26 Å². The molecule has 0 aliphatic carbocycles. The number of rotatable bonds is 2. The topological polar surface area (TPSA) is 78.7 Å². The van der Waals surface area contributed by atoms with Crippen molar-refractivity contribution in [2.24, 2.45) is 5.92 Å². The number of nitriles is 1. The normalized spacial score (nSPS) is 11.4. The minimum Gasteiger partial charge on any atom is -0.322 e. The zero-order chi connectivity index (χ0) is 9.68. The van der Waals surface area contributed by atoms with Crippen LogP contribution < -0.4 is 5.32 Å². The second-order valence-electron chi connectivity index (χ2n) is 2.47. The van der Waals surface area contributed by atoms with Crippen molar-refractivity contribution in [2.75, 3.05) is 5.32 Å². The molecule has 1 rings (SSSR count). The highest BCUT2D eigenvalue weighted by Gasteiger charge is 2.11. The number of hydrogen-bond donors (Lipinski definition) is 1. The quantitative estimate of drug-likeness (QED) is 0.714. The van der Waals surface area contributed by atoms with Gasteiger partial charge >= 0.3 is 0 Å². The Labute approximate surface area is 75.4 Å². The van der Waals surface area contributed by atoms with E-state index >= 15 is 0 Å². The Morgan fingerprint density at radius 2 is 2.23 bits per heavy atom. The third-order valence-electron chi connectivity index (χ3n) is 1.42. The Morgan fingerprint density at radius 3 is 2.77 bits per heavy atom. The van der Waals surface area contributed by atoms with Crippen molar-refractivity contribution in [2.45, 2.75) is 6.92 Å². The SMILES string of the molecule is CC(C#N)C(=O)Nc1cncnc1. The molecule has 1 N–H and O–H groups in total. The molecular formula is C8H8N4O. The van der Waals surface area contributed by atoms with Gasteiger partial charge in [-0.25, -0.2) is 9.97 Å². The number of hydrogen-bond acceptors (Lipinski definition) is 4. The molecule has 13 heavy (non-hydrogen) atoms. The van der Waals surface area contributed by atoms with Crippen molar-refractivity contribution < 1.29 is 4.79 Å². The molecule has 0 saturated carbocycles. The van der Waals surface area contributed by atoms with Crippen LogP contribution in [0.2, 0.25) is 0 Å². The maximum Gasteiger partial charge on any atom is 0.241 e. The molecule has 1 aromatic heterocycles. The molecule has 1 heterocycles. The van der Waals surface area contributed by atoms with Gasteiger partial charge in [-0.15, -0.1) is 0 Å². The van der Waals surface area contributed by atoms with Gasteiger partial charge in [-0.3, -0.25) is 4.79 Å². The summed E-state index contributed by atoms with van der Waals surface area (Å²) in [5.41, 5.74) is 0.495. The minimum absolute atomic E-state index is 0.350. The van der Waals surface area contributed by atoms with E-state index in [1.807, 2.05) is 6.07 Å². The third-order valence-corrected chi connectivity index (χ3v) is 1.42. The van der Waals surface area contributed by atoms with Crippen LogP contribution in [0.4, 0.5) is 5.69 Å². The van der Waals surface area contributed by atoms with E-state index in [1.165, 1.54) is 25.6 Å². The van der Waals surface area contributed by atoms with E-state index in [0.717, 1.165) is 0 Å². The van der Waals surface area contributed by atoms with Gasteiger partial charge in [-0.1, -0.05) is 0 Å². The Hall–Kier alpha value is -1.96. The van der Waals surface area contributed by atoms with Crippen molar-refractivity contribution in [1.82, 2.24) is 9.97 Å². The van der Waals surface area contributed by atoms with Crippen LogP contribution in [0, 0.1) is 17.2 Å². The van der Waals surface area contributed by atoms with Crippen LogP contribution in [0.15, 0.2) is 18.7 Å². The molecule has 5 nitrogen and oxygen atoms in total. The van der Waals surface area contributed by atoms with E-state index in [0.29, 0.717) is 5.69 Å². The summed E-state index contributed by atoms with van der Waals surface area (Å²) >= 11 is 0. The fourth-order valence-electron chi connectivity index (χ4n) is 0.673. The summed E-state index contributed by atoms with van der Waals surface area (Å²) in [6.07, 6.45) is 4.30. The van der Waals surface area contributed by atoms with E-state index in [2.05, 4.69) is 15.3 Å². The predicted molar refractivity (Wildman–Crippen MR) is 45.4 cm³/mol. The average Bonchev–Trinajstić information content (AvgIpc) is 2.18. The lowest BCUT2D eigenvalue weighted by Crippen LogP contribution is -2.19. The summed E-state index contributed by atoms with van der Waals surface area (Å²) in [4.78, 5) is 18.6. The number of aromatic nitrogens is 2. The average molecular weight is 176 g/mol. The van der Waals surface area contributed by atoms with Gasteiger partial charge in [0.05, 0.1) is 24.2 Å². The molecule has 0 aliphatic rings. The first-order valence-corrected chi connectivity index (χ1v) is 3.69. The molecule has 66 valence electrons. The van der Waals surface area contributed by atoms with Crippen LogP contribution in [0.3, 0.4) is 0 Å². The van der Waals surface area contributed by atoms with E-state index in [1.54, 1.807) is 0 Å². The molecule has 1 unspecified atom stereocenters. The first-order chi connectivity index (χ1) is 6.24. The summed E-state index contributed by atoms with van der Waals surface area (Å²) in [6, 6.07) is 1.83. The summed E-state index contributed by atoms with van der Waals surface area (Å²) in [5.74, 6) is -1.02. The van der Waals surface area contributed by atoms with E-state index in [4.69, 9.17) is 5.26 Å². The molecule has 0 fully saturated rings. The number of nitrogens with one attached hydrogen (secondary N) is 1. The van der Waals surface area contributed by atoms with Gasteiger partial charge in [0.1, 0.15) is 12.2 Å². The van der Waals surface area contributed by atoms with Crippen LogP contribution in [0.5, 0.6) is 0 Å². The van der Waals surface area contributed by atoms with Gasteiger partial charge in [0.25, 0.3) is 0 Å². The molecule has 0 radical (unpaired) electrons. The molecule has 1 amide bonds. The molecule has 0 spiro atoms. The first-order valence-electron chi connectivity index (χ1n) is 3.69. The van der Waals surface area contributed by atoms with Crippen LogP contribution >= 0.6 is 0 Å². The predicted octanol–water partition coefficient (Wildman–Crippen LogP) is 0.575. The maximum atomic E-state index is 11.2. The van der Waals surface area contributed by atoms with E-state index in [9.17, 15) is 4.79 Å². The van der Waals surface area contributed by atoms with Crippen LogP contribution in [0.25, 0.3) is 0 Å². The second kappa shape index (κ2) is 4.16. The highest BCUT2D eigenvalue weighted by atomic mass is 16.1. The van der Waals surface area contributed by atoms with Gasteiger partial charge in [-0.05, 0) is 6.92 Å². The molecule has 0 bridgehead atoms. The Kier molecular flexibility index (Phi) is 2.92. The lowest BCUT2D eigenvalue weighted by atomic mass is 10.2. The lowest BCUT2D eigenvalue weighted by molar-refractivity contribution is -0.117. The van der Waals surface area contributed by atoms with E-state index in [-0.39, 0.29) is 5.91 Å². The molecule has 0 aromatic carbocycles. The number of nitrogens with zero attached hydrogens (tertiary/aromatic N) is 3. The Balaban J connectivity index is 2.62. The van der Waals surface area contributed by atoms with Crippen molar-refractivity contribution >= 4 is 11.6 Å². The lowest BCUT2D eigenvalue weighted by Gasteiger charge is -2.03. The van der Waals surface area contributed by atoms with Crippen molar-refractivity contribution in [1.29, 1.82) is 5.26 Å². The van der Waals surface area contributed by atoms with Crippen LogP contribution in [0.1, 0.15) is 6.92 Å². The van der Waals surface area contributed by atoms with E-state index < -0.39 is 5.92 Å². The van der Waals surface area contributed by atoms with Crippen molar-refractivity contribution in [3.05, 3.63) is 18.7 Å². The summed E-state index contributed by atoms with van der Waals surface area (Å²) in [6.45, 7) is 1.53. The zero-order valence-corrected chi connectivity index (χ0v) is 7.06. The van der Waals surface area contributed by atoms with Gasteiger partial charge < -0.3 is 5.32 Å². The fourth-order valence-corrected chi connectivity index (χ4v) is 0.673. The highest BCUT2D eigenvalue weighted by Crippen LogP contribution is 2.03. The summed E-state index contributed by atoms with van der Waals surface area (Å²) in [5, 5.41) is 10.9. The molecule has 1 atom stereocenters. The first kappa shape index (κ1) is 9.13. The smallest absolute Gasteiger partial charge is 0.241 e. The summed E-state index contributed by atoms with van der Waals surface area (Å²) < 4.78 is 0. The molecule has 1 aromatic rings. The molecular weight excluding hydrogens is 168 g/mol. The zero-order valence-electron chi connectivity index (χ0n) is 7.06. The molecule has 0 saturated heterocycles. The van der Waals surface area contributed by atoms with Crippen molar-refractivity contribution in [3.8, 4) is 6.07 Å². The summed E-state index contributed by atoms with van der Waals surface area (Å²) in [7, 11) is 0. The standard InChI is InChI=1S/C8H8N4O/c1-6(2-9)8(13)12-7-3-10-5-11-4-7/h3-6H,1H3,(H,12,13). The number of anilines is 1. The van der Waals surface area contributed by atoms with Gasteiger partial charge in [0.15, 0.2) is 0 Å². The fraction of sp³-hybridized carbons (Fsp3) is 0.250. The second-order valence-corrected chi connectivity index (χ2v) is 2.47. The highest BCUT2D eigenvalue weighted by molar-refractivity contribution is 5.93. The van der Waals surface area contributed by atoms with Gasteiger partial charge in [0, 0.05) is 0 Å². The number of carbonyl (C=O) groups excluding carboxylic acids is 1. The molecule has 5 heteroatoms. The van der Waals surface area contributed by atoms with Crippen LogP contribution in [-0.2, 0) is 4.79 Å². The van der Waals surface area contributed by atoms with Gasteiger partial charge in [0.2, 0.25) is 5.91 Å². The monoisotopic (exact) mass is 176 g/mol. The Bertz CT molecular complexity index is 330.